The SMILES string of the molecule is CCCCN(c1ccc(C)cc1)c1ccc(F)cc1F. The number of anilines is 2. The molecular formula is C17H19F2N. The first-order valence-electron chi connectivity index (χ1n) is 6.91. The van der Waals surface area contributed by atoms with Crippen LogP contribution in [-0.2, 0) is 0 Å². The number of rotatable bonds is 5. The Morgan fingerprint density at radius 3 is 2.30 bits per heavy atom. The van der Waals surface area contributed by atoms with Crippen LogP contribution in [0.2, 0.25) is 0 Å². The summed E-state index contributed by atoms with van der Waals surface area (Å²) in [5, 5.41) is 0. The first-order valence-corrected chi connectivity index (χ1v) is 6.91. The van der Waals surface area contributed by atoms with E-state index in [1.165, 1.54) is 12.1 Å². The molecule has 2 aromatic carbocycles. The van der Waals surface area contributed by atoms with Crippen molar-refractivity contribution in [3.05, 3.63) is 59.7 Å². The molecule has 0 unspecified atom stereocenters. The van der Waals surface area contributed by atoms with Crippen molar-refractivity contribution in [1.29, 1.82) is 0 Å². The summed E-state index contributed by atoms with van der Waals surface area (Å²) < 4.78 is 27.1. The quantitative estimate of drug-likeness (QED) is 0.724. The lowest BCUT2D eigenvalue weighted by Gasteiger charge is -2.25. The van der Waals surface area contributed by atoms with E-state index in [0.717, 1.165) is 30.2 Å². The number of benzene rings is 2. The molecule has 0 aromatic heterocycles. The van der Waals surface area contributed by atoms with E-state index in [1.807, 2.05) is 36.1 Å². The molecule has 0 N–H and O–H groups in total. The van der Waals surface area contributed by atoms with E-state index >= 15 is 0 Å². The summed E-state index contributed by atoms with van der Waals surface area (Å²) in [6, 6.07) is 11.7. The third kappa shape index (κ3) is 3.35. The van der Waals surface area contributed by atoms with Crippen LogP contribution in [0.5, 0.6) is 0 Å². The summed E-state index contributed by atoms with van der Waals surface area (Å²) in [6.07, 6.45) is 1.97. The van der Waals surface area contributed by atoms with Gasteiger partial charge in [-0.1, -0.05) is 31.0 Å². The van der Waals surface area contributed by atoms with Gasteiger partial charge < -0.3 is 4.90 Å². The standard InChI is InChI=1S/C17H19F2N/c1-3-4-11-20(15-8-5-13(2)6-9-15)17-10-7-14(18)12-16(17)19/h5-10,12H,3-4,11H2,1-2H3. The average Bonchev–Trinajstić information content (AvgIpc) is 2.42. The highest BCUT2D eigenvalue weighted by Crippen LogP contribution is 2.29. The van der Waals surface area contributed by atoms with Gasteiger partial charge >= 0.3 is 0 Å². The van der Waals surface area contributed by atoms with Crippen LogP contribution in [-0.4, -0.2) is 6.54 Å². The van der Waals surface area contributed by atoms with E-state index < -0.39 is 11.6 Å². The number of halogens is 2. The maximum absolute atomic E-state index is 14.0. The minimum atomic E-state index is -0.550. The van der Waals surface area contributed by atoms with Gasteiger partial charge in [0, 0.05) is 18.3 Å². The van der Waals surface area contributed by atoms with Crippen LogP contribution in [0.15, 0.2) is 42.5 Å². The second-order valence-corrected chi connectivity index (χ2v) is 4.94. The number of unbranched alkanes of at least 4 members (excludes halogenated alkanes) is 1. The van der Waals surface area contributed by atoms with Gasteiger partial charge in [-0.15, -0.1) is 0 Å². The lowest BCUT2D eigenvalue weighted by atomic mass is 10.1. The highest BCUT2D eigenvalue weighted by atomic mass is 19.1. The predicted molar refractivity (Wildman–Crippen MR) is 79.5 cm³/mol. The van der Waals surface area contributed by atoms with Crippen molar-refractivity contribution in [3.8, 4) is 0 Å². The molecular weight excluding hydrogens is 256 g/mol. The fourth-order valence-corrected chi connectivity index (χ4v) is 2.13. The maximum Gasteiger partial charge on any atom is 0.149 e. The van der Waals surface area contributed by atoms with Gasteiger partial charge in [0.1, 0.15) is 11.6 Å². The molecule has 0 fully saturated rings. The fourth-order valence-electron chi connectivity index (χ4n) is 2.13. The molecule has 0 radical (unpaired) electrons. The van der Waals surface area contributed by atoms with Crippen LogP contribution in [0.3, 0.4) is 0 Å². The van der Waals surface area contributed by atoms with Crippen molar-refractivity contribution in [2.75, 3.05) is 11.4 Å². The van der Waals surface area contributed by atoms with Crippen LogP contribution < -0.4 is 4.90 Å². The Hall–Kier alpha value is -1.90. The summed E-state index contributed by atoms with van der Waals surface area (Å²) >= 11 is 0. The molecule has 0 aliphatic rings. The topological polar surface area (TPSA) is 3.24 Å². The summed E-state index contributed by atoms with van der Waals surface area (Å²) in [5.41, 5.74) is 2.50. The van der Waals surface area contributed by atoms with Gasteiger partial charge in [-0.25, -0.2) is 8.78 Å². The third-order valence-corrected chi connectivity index (χ3v) is 3.28. The second kappa shape index (κ2) is 6.51. The highest BCUT2D eigenvalue weighted by molar-refractivity contribution is 5.64. The molecule has 0 aliphatic carbocycles. The minimum Gasteiger partial charge on any atom is -0.339 e. The van der Waals surface area contributed by atoms with E-state index in [9.17, 15) is 8.78 Å². The zero-order valence-corrected chi connectivity index (χ0v) is 11.9. The molecule has 0 bridgehead atoms. The Morgan fingerprint density at radius 2 is 1.70 bits per heavy atom. The second-order valence-electron chi connectivity index (χ2n) is 4.94. The first-order chi connectivity index (χ1) is 9.61. The van der Waals surface area contributed by atoms with Crippen molar-refractivity contribution < 1.29 is 8.78 Å². The summed E-state index contributed by atoms with van der Waals surface area (Å²) in [4.78, 5) is 1.90. The monoisotopic (exact) mass is 275 g/mol. The molecule has 2 rings (SSSR count). The smallest absolute Gasteiger partial charge is 0.149 e. The number of aryl methyl sites for hydroxylation is 1. The summed E-state index contributed by atoms with van der Waals surface area (Å²) in [7, 11) is 0. The molecule has 1 nitrogen and oxygen atoms in total. The van der Waals surface area contributed by atoms with E-state index in [1.54, 1.807) is 0 Å². The zero-order valence-electron chi connectivity index (χ0n) is 11.9. The Balaban J connectivity index is 2.38. The lowest BCUT2D eigenvalue weighted by Crippen LogP contribution is -2.19. The van der Waals surface area contributed by atoms with Crippen LogP contribution in [0.4, 0.5) is 20.2 Å². The highest BCUT2D eigenvalue weighted by Gasteiger charge is 2.13. The molecule has 0 aliphatic heterocycles. The van der Waals surface area contributed by atoms with Crippen molar-refractivity contribution in [1.82, 2.24) is 0 Å². The predicted octanol–water partition coefficient (Wildman–Crippen LogP) is 5.21. The van der Waals surface area contributed by atoms with E-state index in [-0.39, 0.29) is 0 Å². The van der Waals surface area contributed by atoms with Crippen LogP contribution >= 0.6 is 0 Å². The summed E-state index contributed by atoms with van der Waals surface area (Å²) in [6.45, 7) is 4.81. The third-order valence-electron chi connectivity index (χ3n) is 3.28. The minimum absolute atomic E-state index is 0.420. The van der Waals surface area contributed by atoms with Crippen molar-refractivity contribution in [3.63, 3.8) is 0 Å². The van der Waals surface area contributed by atoms with Gasteiger partial charge in [0.25, 0.3) is 0 Å². The number of hydrogen-bond acceptors (Lipinski definition) is 1. The molecule has 2 aromatic rings. The Morgan fingerprint density at radius 1 is 1.00 bits per heavy atom. The number of hydrogen-bond donors (Lipinski definition) is 0. The van der Waals surface area contributed by atoms with Gasteiger partial charge in [0.2, 0.25) is 0 Å². The molecule has 0 saturated heterocycles. The van der Waals surface area contributed by atoms with E-state index in [0.29, 0.717) is 12.2 Å². The Bertz CT molecular complexity index is 564. The normalized spacial score (nSPS) is 10.6. The largest absolute Gasteiger partial charge is 0.339 e. The van der Waals surface area contributed by atoms with E-state index in [2.05, 4.69) is 6.92 Å². The van der Waals surface area contributed by atoms with E-state index in [4.69, 9.17) is 0 Å². The van der Waals surface area contributed by atoms with Gasteiger partial charge in [-0.3, -0.25) is 0 Å². The van der Waals surface area contributed by atoms with Crippen molar-refractivity contribution in [2.45, 2.75) is 26.7 Å². The first kappa shape index (κ1) is 14.5. The van der Waals surface area contributed by atoms with Gasteiger partial charge in [-0.2, -0.15) is 0 Å². The Kier molecular flexibility index (Phi) is 4.72. The Labute approximate surface area is 118 Å². The molecule has 0 heterocycles. The average molecular weight is 275 g/mol. The fraction of sp³-hybridized carbons (Fsp3) is 0.294. The van der Waals surface area contributed by atoms with Gasteiger partial charge in [0.05, 0.1) is 5.69 Å². The molecule has 106 valence electrons. The molecule has 0 saturated carbocycles. The van der Waals surface area contributed by atoms with Gasteiger partial charge in [0.15, 0.2) is 0 Å². The summed E-state index contributed by atoms with van der Waals surface area (Å²) in [5.74, 6) is -1.08. The molecule has 20 heavy (non-hydrogen) atoms. The maximum atomic E-state index is 14.0. The molecule has 3 heteroatoms. The molecule has 0 amide bonds. The van der Waals surface area contributed by atoms with Gasteiger partial charge in [-0.05, 0) is 37.6 Å². The van der Waals surface area contributed by atoms with Crippen molar-refractivity contribution >= 4 is 11.4 Å². The number of nitrogens with zero attached hydrogens (tertiary/aromatic N) is 1. The van der Waals surface area contributed by atoms with Crippen molar-refractivity contribution in [2.24, 2.45) is 0 Å². The zero-order chi connectivity index (χ0) is 14.5. The van der Waals surface area contributed by atoms with Crippen LogP contribution in [0, 0.1) is 18.6 Å². The lowest BCUT2D eigenvalue weighted by molar-refractivity contribution is 0.581. The van der Waals surface area contributed by atoms with Crippen LogP contribution in [0.1, 0.15) is 25.3 Å². The molecule has 0 spiro atoms. The molecule has 0 atom stereocenters. The van der Waals surface area contributed by atoms with Crippen LogP contribution in [0.25, 0.3) is 0 Å².